The monoisotopic (exact) mass is 168 g/mol. The summed E-state index contributed by atoms with van der Waals surface area (Å²) in [5.74, 6) is 0. The van der Waals surface area contributed by atoms with Crippen LogP contribution in [0.15, 0.2) is 48.6 Å². The van der Waals surface area contributed by atoms with E-state index in [2.05, 4.69) is 22.9 Å². The molecule has 0 radical (unpaired) electrons. The molecule has 0 unspecified atom stereocenters. The van der Waals surface area contributed by atoms with Gasteiger partial charge in [0, 0.05) is 12.2 Å². The molecule has 1 heterocycles. The van der Waals surface area contributed by atoms with Gasteiger partial charge in [0.15, 0.2) is 0 Å². The molecular formula is C12H10N+. The Kier molecular flexibility index (Phi) is 2.22. The smallest absolute Gasteiger partial charge is 0.101 e. The molecular weight excluding hydrogens is 158 g/mol. The van der Waals surface area contributed by atoms with Gasteiger partial charge in [0.2, 0.25) is 0 Å². The van der Waals surface area contributed by atoms with E-state index in [9.17, 15) is 0 Å². The molecule has 0 saturated heterocycles. The third-order valence-electron chi connectivity index (χ3n) is 1.90. The first-order valence-electron chi connectivity index (χ1n) is 4.25. The lowest BCUT2D eigenvalue weighted by Crippen LogP contribution is -1.79. The highest BCUT2D eigenvalue weighted by atomic mass is 14.5. The van der Waals surface area contributed by atoms with Gasteiger partial charge in [-0.1, -0.05) is 30.3 Å². The van der Waals surface area contributed by atoms with Crippen molar-refractivity contribution in [2.75, 3.05) is 0 Å². The van der Waals surface area contributed by atoms with Crippen LogP contribution >= 0.6 is 0 Å². The van der Waals surface area contributed by atoms with Crippen molar-refractivity contribution in [3.05, 3.63) is 54.1 Å². The molecule has 1 aromatic rings. The normalized spacial score (nSPS) is 14.0. The molecule has 1 heteroatoms. The fraction of sp³-hybridized carbons (Fsp3) is 0. The number of hydrogen-bond acceptors (Lipinski definition) is 0. The van der Waals surface area contributed by atoms with Crippen molar-refractivity contribution in [2.24, 2.45) is 0 Å². The zero-order valence-corrected chi connectivity index (χ0v) is 7.22. The van der Waals surface area contributed by atoms with Crippen LogP contribution in [-0.4, -0.2) is 12.4 Å². The SMILES string of the molecule is C1=CC(c2ccccc2)=CC=[N+]=C1. The van der Waals surface area contributed by atoms with Crippen molar-refractivity contribution >= 4 is 18.0 Å². The fourth-order valence-electron chi connectivity index (χ4n) is 1.25. The van der Waals surface area contributed by atoms with Gasteiger partial charge in [0.25, 0.3) is 12.4 Å². The number of rotatable bonds is 1. The van der Waals surface area contributed by atoms with Crippen molar-refractivity contribution in [3.8, 4) is 0 Å². The van der Waals surface area contributed by atoms with E-state index >= 15 is 0 Å². The first-order valence-corrected chi connectivity index (χ1v) is 4.25. The van der Waals surface area contributed by atoms with Gasteiger partial charge in [-0.05, 0) is 17.2 Å². The zero-order chi connectivity index (χ0) is 8.93. The molecule has 0 saturated carbocycles. The van der Waals surface area contributed by atoms with E-state index in [1.165, 1.54) is 11.1 Å². The first-order chi connectivity index (χ1) is 6.47. The third kappa shape index (κ3) is 1.84. The Bertz CT molecular complexity index is 404. The Balaban J connectivity index is 2.39. The summed E-state index contributed by atoms with van der Waals surface area (Å²) in [4.78, 5) is 0. The maximum absolute atomic E-state index is 4.03. The molecule has 0 atom stereocenters. The molecule has 0 amide bonds. The van der Waals surface area contributed by atoms with Crippen molar-refractivity contribution < 1.29 is 0 Å². The molecule has 0 spiro atoms. The molecule has 0 fully saturated rings. The Morgan fingerprint density at radius 2 is 1.77 bits per heavy atom. The van der Waals surface area contributed by atoms with Gasteiger partial charge >= 0.3 is 0 Å². The molecule has 13 heavy (non-hydrogen) atoms. The highest BCUT2D eigenvalue weighted by Crippen LogP contribution is 2.14. The second-order valence-corrected chi connectivity index (χ2v) is 2.79. The Labute approximate surface area is 77.5 Å². The fourth-order valence-corrected chi connectivity index (χ4v) is 1.25. The molecule has 62 valence electrons. The highest BCUT2D eigenvalue weighted by molar-refractivity contribution is 5.93. The van der Waals surface area contributed by atoms with Gasteiger partial charge in [-0.2, -0.15) is 0 Å². The number of allylic oxidation sites excluding steroid dienone is 4. The molecule has 1 nitrogen and oxygen atoms in total. The van der Waals surface area contributed by atoms with Gasteiger partial charge in [-0.3, -0.25) is 0 Å². The van der Waals surface area contributed by atoms with Crippen LogP contribution in [0.4, 0.5) is 0 Å². The lowest BCUT2D eigenvalue weighted by Gasteiger charge is -1.97. The largest absolute Gasteiger partial charge is 0.293 e. The van der Waals surface area contributed by atoms with Crippen LogP contribution < -0.4 is 4.67 Å². The Morgan fingerprint density at radius 1 is 0.923 bits per heavy atom. The average Bonchev–Trinajstić information content (AvgIpc) is 2.47. The van der Waals surface area contributed by atoms with E-state index in [4.69, 9.17) is 0 Å². The van der Waals surface area contributed by atoms with Gasteiger partial charge in [0.1, 0.15) is 0 Å². The van der Waals surface area contributed by atoms with E-state index in [1.807, 2.05) is 36.6 Å². The molecule has 1 aromatic carbocycles. The van der Waals surface area contributed by atoms with Crippen LogP contribution in [0.25, 0.3) is 5.57 Å². The van der Waals surface area contributed by atoms with E-state index in [0.29, 0.717) is 0 Å². The highest BCUT2D eigenvalue weighted by Gasteiger charge is 1.98. The van der Waals surface area contributed by atoms with Crippen molar-refractivity contribution in [1.82, 2.24) is 4.67 Å². The summed E-state index contributed by atoms with van der Waals surface area (Å²) in [7, 11) is 0. The summed E-state index contributed by atoms with van der Waals surface area (Å²) < 4.78 is 4.03. The van der Waals surface area contributed by atoms with E-state index < -0.39 is 0 Å². The summed E-state index contributed by atoms with van der Waals surface area (Å²) in [6.45, 7) is 0. The van der Waals surface area contributed by atoms with Gasteiger partial charge in [-0.25, -0.2) is 0 Å². The van der Waals surface area contributed by atoms with Crippen LogP contribution in [0.1, 0.15) is 5.56 Å². The van der Waals surface area contributed by atoms with Crippen molar-refractivity contribution in [3.63, 3.8) is 0 Å². The summed E-state index contributed by atoms with van der Waals surface area (Å²) in [6, 6.07) is 10.3. The van der Waals surface area contributed by atoms with Crippen molar-refractivity contribution in [1.29, 1.82) is 0 Å². The molecule has 0 N–H and O–H groups in total. The quantitative estimate of drug-likeness (QED) is 0.568. The summed E-state index contributed by atoms with van der Waals surface area (Å²) in [5, 5.41) is 0. The first kappa shape index (κ1) is 7.78. The van der Waals surface area contributed by atoms with Crippen molar-refractivity contribution in [2.45, 2.75) is 0 Å². The molecule has 0 aliphatic carbocycles. The molecule has 2 rings (SSSR count). The predicted octanol–water partition coefficient (Wildman–Crippen LogP) is 1.85. The molecule has 1 aliphatic heterocycles. The molecule has 1 aliphatic rings. The average molecular weight is 168 g/mol. The maximum Gasteiger partial charge on any atom is 0.293 e. The van der Waals surface area contributed by atoms with Gasteiger partial charge in [-0.15, -0.1) is 4.67 Å². The topological polar surface area (TPSA) is 14.1 Å². The minimum atomic E-state index is 1.19. The van der Waals surface area contributed by atoms with Crippen LogP contribution in [0, 0.1) is 0 Å². The van der Waals surface area contributed by atoms with E-state index in [0.717, 1.165) is 0 Å². The van der Waals surface area contributed by atoms with Crippen LogP contribution in [-0.2, 0) is 0 Å². The van der Waals surface area contributed by atoms with Gasteiger partial charge in [0.05, 0.1) is 0 Å². The summed E-state index contributed by atoms with van der Waals surface area (Å²) in [6.07, 6.45) is 9.61. The Hall–Kier alpha value is -1.85. The summed E-state index contributed by atoms with van der Waals surface area (Å²) >= 11 is 0. The predicted molar refractivity (Wildman–Crippen MR) is 57.8 cm³/mol. The number of benzene rings is 1. The lowest BCUT2D eigenvalue weighted by atomic mass is 10.1. The second-order valence-electron chi connectivity index (χ2n) is 2.79. The number of nitrogens with zero attached hydrogens (tertiary/aromatic N) is 1. The molecule has 0 aromatic heterocycles. The second kappa shape index (κ2) is 3.70. The molecule has 0 bridgehead atoms. The maximum atomic E-state index is 4.03. The summed E-state index contributed by atoms with van der Waals surface area (Å²) in [5.41, 5.74) is 2.42. The zero-order valence-electron chi connectivity index (χ0n) is 7.22. The van der Waals surface area contributed by atoms with E-state index in [-0.39, 0.29) is 0 Å². The minimum absolute atomic E-state index is 1.19. The Morgan fingerprint density at radius 3 is 2.62 bits per heavy atom. The van der Waals surface area contributed by atoms with Crippen LogP contribution in [0.5, 0.6) is 0 Å². The standard InChI is InChI=1S/C12H10N/c1-2-5-11(6-3-1)12-7-4-9-13-10-8-12/h1-10H/q+1. The third-order valence-corrected chi connectivity index (χ3v) is 1.90. The number of hydrogen-bond donors (Lipinski definition) is 0. The van der Waals surface area contributed by atoms with E-state index in [1.54, 1.807) is 6.21 Å². The van der Waals surface area contributed by atoms with Crippen LogP contribution in [0.2, 0.25) is 0 Å². The lowest BCUT2D eigenvalue weighted by molar-refractivity contribution is 1.63. The van der Waals surface area contributed by atoms with Gasteiger partial charge < -0.3 is 0 Å². The minimum Gasteiger partial charge on any atom is -0.101 e. The van der Waals surface area contributed by atoms with Crippen LogP contribution in [0.3, 0.4) is 0 Å².